The molecule has 2 rings (SSSR count). The van der Waals surface area contributed by atoms with Crippen molar-refractivity contribution >= 4 is 16.1 Å². The summed E-state index contributed by atoms with van der Waals surface area (Å²) in [7, 11) is -4.22. The van der Waals surface area contributed by atoms with Gasteiger partial charge in [0.2, 0.25) is 5.79 Å². The van der Waals surface area contributed by atoms with Crippen LogP contribution in [0.15, 0.2) is 65.6 Å². The van der Waals surface area contributed by atoms with Gasteiger partial charge in [-0.25, -0.2) is 8.98 Å². The Morgan fingerprint density at radius 2 is 1.91 bits per heavy atom. The van der Waals surface area contributed by atoms with Gasteiger partial charge >= 0.3 is 5.97 Å². The molecule has 2 unspecified atom stereocenters. The lowest BCUT2D eigenvalue weighted by Gasteiger charge is -2.30. The van der Waals surface area contributed by atoms with Crippen molar-refractivity contribution in [1.29, 1.82) is 0 Å². The molecule has 6 nitrogen and oxygen atoms in total. The van der Waals surface area contributed by atoms with Gasteiger partial charge in [-0.05, 0) is 25.1 Å². The van der Waals surface area contributed by atoms with Crippen molar-refractivity contribution in [3.05, 3.63) is 66.3 Å². The van der Waals surface area contributed by atoms with E-state index in [2.05, 4.69) is 0 Å². The first-order valence-corrected chi connectivity index (χ1v) is 8.16. The van der Waals surface area contributed by atoms with E-state index in [1.54, 1.807) is 18.2 Å². The van der Waals surface area contributed by atoms with Crippen LogP contribution >= 0.6 is 0 Å². The standard InChI is InChI=1S/C16H16O6S/c1-12-5-8-14(9-6-12)23(20,21)22-16(19)11-3-2-4-13(16)7-10-15(17)18/h2-11,13,19H,1H3,(H,17,18)/b10-7+. The average Bonchev–Trinajstić information content (AvgIpc) is 2.46. The minimum absolute atomic E-state index is 0.0968. The van der Waals surface area contributed by atoms with E-state index in [1.807, 2.05) is 6.92 Å². The van der Waals surface area contributed by atoms with E-state index in [-0.39, 0.29) is 4.90 Å². The van der Waals surface area contributed by atoms with Gasteiger partial charge in [0.1, 0.15) is 0 Å². The highest BCUT2D eigenvalue weighted by molar-refractivity contribution is 7.86. The van der Waals surface area contributed by atoms with Crippen molar-refractivity contribution in [1.82, 2.24) is 0 Å². The fraction of sp³-hybridized carbons (Fsp3) is 0.188. The molecule has 1 aromatic carbocycles. The Morgan fingerprint density at radius 1 is 1.26 bits per heavy atom. The third-order valence-corrected chi connectivity index (χ3v) is 4.58. The molecule has 0 aliphatic heterocycles. The van der Waals surface area contributed by atoms with E-state index >= 15 is 0 Å². The van der Waals surface area contributed by atoms with Gasteiger partial charge in [-0.15, -0.1) is 0 Å². The molecular weight excluding hydrogens is 320 g/mol. The van der Waals surface area contributed by atoms with Crippen molar-refractivity contribution < 1.29 is 27.6 Å². The average molecular weight is 336 g/mol. The molecule has 7 heteroatoms. The predicted octanol–water partition coefficient (Wildman–Crippen LogP) is 1.77. The molecule has 0 saturated carbocycles. The summed E-state index contributed by atoms with van der Waals surface area (Å²) in [5, 5.41) is 19.2. The first kappa shape index (κ1) is 17.1. The van der Waals surface area contributed by atoms with Crippen molar-refractivity contribution in [2.45, 2.75) is 17.6 Å². The minimum atomic E-state index is -4.22. The lowest BCUT2D eigenvalue weighted by atomic mass is 9.93. The fourth-order valence-electron chi connectivity index (χ4n) is 2.03. The van der Waals surface area contributed by atoms with Crippen LogP contribution < -0.4 is 0 Å². The lowest BCUT2D eigenvalue weighted by molar-refractivity contribution is -0.131. The fourth-order valence-corrected chi connectivity index (χ4v) is 3.11. The number of aliphatic carboxylic acids is 1. The molecule has 2 atom stereocenters. The normalized spacial score (nSPS) is 24.2. The Morgan fingerprint density at radius 3 is 2.52 bits per heavy atom. The van der Waals surface area contributed by atoms with Crippen LogP contribution in [0, 0.1) is 12.8 Å². The van der Waals surface area contributed by atoms with Crippen molar-refractivity contribution in [3.63, 3.8) is 0 Å². The van der Waals surface area contributed by atoms with Gasteiger partial charge in [0.15, 0.2) is 0 Å². The molecule has 0 amide bonds. The van der Waals surface area contributed by atoms with Gasteiger partial charge < -0.3 is 10.2 Å². The van der Waals surface area contributed by atoms with Crippen LogP contribution in [0.2, 0.25) is 0 Å². The number of carboxylic acids is 1. The molecule has 0 radical (unpaired) electrons. The Bertz CT molecular complexity index is 773. The summed E-state index contributed by atoms with van der Waals surface area (Å²) < 4.78 is 29.6. The van der Waals surface area contributed by atoms with E-state index in [9.17, 15) is 18.3 Å². The van der Waals surface area contributed by atoms with Crippen molar-refractivity contribution in [3.8, 4) is 0 Å². The Hall–Kier alpha value is -2.22. The molecule has 23 heavy (non-hydrogen) atoms. The van der Waals surface area contributed by atoms with Crippen LogP contribution in [-0.2, 0) is 19.1 Å². The molecule has 0 heterocycles. The molecule has 1 aliphatic rings. The molecule has 2 N–H and O–H groups in total. The second kappa shape index (κ2) is 6.49. The van der Waals surface area contributed by atoms with Crippen LogP contribution in [0.25, 0.3) is 0 Å². The summed E-state index contributed by atoms with van der Waals surface area (Å²) in [5.41, 5.74) is 0.880. The number of carbonyl (C=O) groups is 1. The minimum Gasteiger partial charge on any atom is -0.478 e. The number of hydrogen-bond donors (Lipinski definition) is 2. The van der Waals surface area contributed by atoms with Crippen LogP contribution in [0.3, 0.4) is 0 Å². The third kappa shape index (κ3) is 4.16. The molecule has 122 valence electrons. The smallest absolute Gasteiger partial charge is 0.328 e. The summed E-state index contributed by atoms with van der Waals surface area (Å²) in [6.45, 7) is 1.81. The summed E-state index contributed by atoms with van der Waals surface area (Å²) in [6.07, 6.45) is 7.58. The molecule has 1 aromatic rings. The number of allylic oxidation sites excluding steroid dienone is 2. The van der Waals surface area contributed by atoms with E-state index in [1.165, 1.54) is 24.3 Å². The van der Waals surface area contributed by atoms with Gasteiger partial charge in [-0.2, -0.15) is 8.42 Å². The van der Waals surface area contributed by atoms with Gasteiger partial charge in [-0.1, -0.05) is 42.0 Å². The second-order valence-corrected chi connectivity index (χ2v) is 6.62. The van der Waals surface area contributed by atoms with Crippen molar-refractivity contribution in [2.75, 3.05) is 0 Å². The highest BCUT2D eigenvalue weighted by Crippen LogP contribution is 2.31. The second-order valence-electron chi connectivity index (χ2n) is 5.07. The summed E-state index contributed by atoms with van der Waals surface area (Å²) in [5.74, 6) is -4.36. The summed E-state index contributed by atoms with van der Waals surface area (Å²) >= 11 is 0. The molecular formula is C16H16O6S. The third-order valence-electron chi connectivity index (χ3n) is 3.24. The monoisotopic (exact) mass is 336 g/mol. The molecule has 1 aliphatic carbocycles. The summed E-state index contributed by atoms with van der Waals surface area (Å²) in [6, 6.07) is 5.97. The summed E-state index contributed by atoms with van der Waals surface area (Å²) in [4.78, 5) is 10.5. The zero-order chi connectivity index (χ0) is 17.1. The van der Waals surface area contributed by atoms with E-state index in [4.69, 9.17) is 9.29 Å². The largest absolute Gasteiger partial charge is 0.478 e. The molecule has 0 saturated heterocycles. The Kier molecular flexibility index (Phi) is 4.84. The van der Waals surface area contributed by atoms with Gasteiger partial charge in [0, 0.05) is 6.08 Å². The van der Waals surface area contributed by atoms with Crippen LogP contribution in [0.5, 0.6) is 0 Å². The van der Waals surface area contributed by atoms with Gasteiger partial charge in [0.05, 0.1) is 10.8 Å². The van der Waals surface area contributed by atoms with Gasteiger partial charge in [0.25, 0.3) is 10.1 Å². The maximum atomic E-state index is 12.3. The molecule has 0 fully saturated rings. The Labute approximate surface area is 134 Å². The molecule has 0 spiro atoms. The van der Waals surface area contributed by atoms with E-state index in [0.717, 1.165) is 23.8 Å². The quantitative estimate of drug-likeness (QED) is 0.483. The number of aryl methyl sites for hydroxylation is 1. The lowest BCUT2D eigenvalue weighted by Crippen LogP contribution is -2.40. The number of aliphatic hydroxyl groups is 1. The van der Waals surface area contributed by atoms with E-state index in [0.29, 0.717) is 0 Å². The van der Waals surface area contributed by atoms with Crippen LogP contribution in [0.1, 0.15) is 5.56 Å². The Balaban J connectivity index is 2.31. The zero-order valence-corrected chi connectivity index (χ0v) is 13.1. The number of rotatable bonds is 5. The maximum absolute atomic E-state index is 12.3. The first-order chi connectivity index (χ1) is 10.7. The van der Waals surface area contributed by atoms with Crippen molar-refractivity contribution in [2.24, 2.45) is 5.92 Å². The zero-order valence-electron chi connectivity index (χ0n) is 12.3. The SMILES string of the molecule is Cc1ccc(S(=O)(=O)OC2(O)C=CC=CC2/C=C/C(=O)O)cc1. The topological polar surface area (TPSA) is 101 Å². The molecule has 0 bridgehead atoms. The highest BCUT2D eigenvalue weighted by Gasteiger charge is 2.39. The maximum Gasteiger partial charge on any atom is 0.328 e. The highest BCUT2D eigenvalue weighted by atomic mass is 32.2. The number of carboxylic acid groups (broad SMARTS) is 1. The van der Waals surface area contributed by atoms with Crippen LogP contribution in [-0.4, -0.2) is 30.4 Å². The van der Waals surface area contributed by atoms with E-state index < -0.39 is 27.8 Å². The first-order valence-electron chi connectivity index (χ1n) is 6.75. The predicted molar refractivity (Wildman–Crippen MR) is 82.9 cm³/mol. The van der Waals surface area contributed by atoms with Crippen LogP contribution in [0.4, 0.5) is 0 Å². The van der Waals surface area contributed by atoms with Gasteiger partial charge in [-0.3, -0.25) is 0 Å². The molecule has 0 aromatic heterocycles. The number of benzene rings is 1. The number of hydrogen-bond acceptors (Lipinski definition) is 5.